The molecule has 0 aromatic carbocycles. The molecule has 0 aromatic heterocycles. The first-order valence-corrected chi connectivity index (χ1v) is 6.30. The van der Waals surface area contributed by atoms with Gasteiger partial charge in [0.1, 0.15) is 13.1 Å². The quantitative estimate of drug-likeness (QED) is 0.807. The Morgan fingerprint density at radius 2 is 1.75 bits per heavy atom. The number of carbonyl (C=O) groups excluding carboxylic acids is 2. The van der Waals surface area contributed by atoms with Gasteiger partial charge in [-0.2, -0.15) is 13.2 Å². The highest BCUT2D eigenvalue weighted by Gasteiger charge is 2.48. The standard InChI is InChI=1S/C12H20F3N3O2/c1-11(16,8-4-5-8)10(20)18(7-12(13,14)15)6-9(19)17(2)3/h8H,4-7,16H2,1-3H3. The zero-order valence-electron chi connectivity index (χ0n) is 11.8. The molecular weight excluding hydrogens is 275 g/mol. The van der Waals surface area contributed by atoms with Gasteiger partial charge in [0.25, 0.3) is 0 Å². The molecular formula is C12H20F3N3O2. The minimum atomic E-state index is -4.57. The summed E-state index contributed by atoms with van der Waals surface area (Å²) in [5, 5.41) is 0. The molecule has 0 bridgehead atoms. The fraction of sp³-hybridized carbons (Fsp3) is 0.833. The summed E-state index contributed by atoms with van der Waals surface area (Å²) in [6, 6.07) is 0. The van der Waals surface area contributed by atoms with Gasteiger partial charge in [-0.05, 0) is 25.7 Å². The molecule has 1 rings (SSSR count). The number of nitrogens with two attached hydrogens (primary N) is 1. The molecule has 1 saturated carbocycles. The summed E-state index contributed by atoms with van der Waals surface area (Å²) >= 11 is 0. The molecule has 0 aliphatic heterocycles. The molecule has 1 aliphatic carbocycles. The van der Waals surface area contributed by atoms with Crippen molar-refractivity contribution in [2.45, 2.75) is 31.5 Å². The van der Waals surface area contributed by atoms with Gasteiger partial charge in [0.05, 0.1) is 5.54 Å². The molecule has 0 aromatic rings. The maximum Gasteiger partial charge on any atom is 0.406 e. The largest absolute Gasteiger partial charge is 0.406 e. The predicted molar refractivity (Wildman–Crippen MR) is 66.6 cm³/mol. The molecule has 0 spiro atoms. The van der Waals surface area contributed by atoms with Crippen LogP contribution in [0, 0.1) is 5.92 Å². The Bertz CT molecular complexity index is 390. The van der Waals surface area contributed by atoms with E-state index in [4.69, 9.17) is 5.73 Å². The normalized spacial score (nSPS) is 18.4. The fourth-order valence-electron chi connectivity index (χ4n) is 1.92. The third-order valence-corrected chi connectivity index (χ3v) is 3.37. The van der Waals surface area contributed by atoms with Gasteiger partial charge in [-0.1, -0.05) is 0 Å². The zero-order chi connectivity index (χ0) is 15.7. The summed E-state index contributed by atoms with van der Waals surface area (Å²) in [5.74, 6) is -1.51. The van der Waals surface area contributed by atoms with Crippen LogP contribution in [0.1, 0.15) is 19.8 Å². The Kier molecular flexibility index (Phi) is 4.68. The highest BCUT2D eigenvalue weighted by atomic mass is 19.4. The van der Waals surface area contributed by atoms with Crippen LogP contribution in [0.5, 0.6) is 0 Å². The van der Waals surface area contributed by atoms with Crippen molar-refractivity contribution in [2.75, 3.05) is 27.2 Å². The lowest BCUT2D eigenvalue weighted by atomic mass is 9.95. The number of rotatable bonds is 5. The van der Waals surface area contributed by atoms with Crippen LogP contribution in [0.4, 0.5) is 13.2 Å². The first kappa shape index (κ1) is 16.7. The van der Waals surface area contributed by atoms with Crippen LogP contribution in [-0.4, -0.2) is 60.5 Å². The molecule has 1 aliphatic rings. The van der Waals surface area contributed by atoms with Gasteiger partial charge in [0, 0.05) is 14.1 Å². The smallest absolute Gasteiger partial charge is 0.347 e. The lowest BCUT2D eigenvalue weighted by molar-refractivity contribution is -0.167. The zero-order valence-corrected chi connectivity index (χ0v) is 11.8. The monoisotopic (exact) mass is 295 g/mol. The first-order valence-electron chi connectivity index (χ1n) is 6.30. The number of alkyl halides is 3. The van der Waals surface area contributed by atoms with Crippen LogP contribution in [0.2, 0.25) is 0 Å². The maximum atomic E-state index is 12.6. The highest BCUT2D eigenvalue weighted by Crippen LogP contribution is 2.39. The van der Waals surface area contributed by atoms with Crippen molar-refractivity contribution < 1.29 is 22.8 Å². The third kappa shape index (κ3) is 4.36. The number of carbonyl (C=O) groups is 2. The van der Waals surface area contributed by atoms with Gasteiger partial charge in [-0.3, -0.25) is 9.59 Å². The summed E-state index contributed by atoms with van der Waals surface area (Å²) in [6.07, 6.45) is -3.12. The number of nitrogens with zero attached hydrogens (tertiary/aromatic N) is 2. The molecule has 20 heavy (non-hydrogen) atoms. The Morgan fingerprint density at radius 1 is 1.25 bits per heavy atom. The van der Waals surface area contributed by atoms with E-state index < -0.39 is 36.6 Å². The summed E-state index contributed by atoms with van der Waals surface area (Å²) in [5.41, 5.74) is 4.50. The molecule has 1 unspecified atom stereocenters. The molecule has 1 fully saturated rings. The van der Waals surface area contributed by atoms with Crippen molar-refractivity contribution in [3.63, 3.8) is 0 Å². The van der Waals surface area contributed by atoms with E-state index in [9.17, 15) is 22.8 Å². The van der Waals surface area contributed by atoms with Crippen molar-refractivity contribution in [3.05, 3.63) is 0 Å². The number of hydrogen-bond donors (Lipinski definition) is 1. The molecule has 0 saturated heterocycles. The van der Waals surface area contributed by atoms with Gasteiger partial charge >= 0.3 is 6.18 Å². The average Bonchev–Trinajstić information content (AvgIpc) is 3.08. The van der Waals surface area contributed by atoms with E-state index >= 15 is 0 Å². The van der Waals surface area contributed by atoms with Crippen molar-refractivity contribution >= 4 is 11.8 Å². The van der Waals surface area contributed by atoms with Crippen LogP contribution in [0.15, 0.2) is 0 Å². The van der Waals surface area contributed by atoms with Crippen molar-refractivity contribution in [2.24, 2.45) is 11.7 Å². The topological polar surface area (TPSA) is 66.6 Å². The molecule has 5 nitrogen and oxygen atoms in total. The van der Waals surface area contributed by atoms with Crippen molar-refractivity contribution in [3.8, 4) is 0 Å². The second kappa shape index (κ2) is 5.59. The molecule has 8 heteroatoms. The fourth-order valence-corrected chi connectivity index (χ4v) is 1.92. The summed E-state index contributed by atoms with van der Waals surface area (Å²) in [4.78, 5) is 25.4. The van der Waals surface area contributed by atoms with Crippen molar-refractivity contribution in [1.82, 2.24) is 9.80 Å². The van der Waals surface area contributed by atoms with Crippen LogP contribution in [0.25, 0.3) is 0 Å². The molecule has 2 N–H and O–H groups in total. The molecule has 2 amide bonds. The van der Waals surface area contributed by atoms with Crippen molar-refractivity contribution in [1.29, 1.82) is 0 Å². The lowest BCUT2D eigenvalue weighted by Gasteiger charge is -2.32. The number of halogens is 3. The third-order valence-electron chi connectivity index (χ3n) is 3.37. The van der Waals surface area contributed by atoms with E-state index in [0.717, 1.165) is 17.7 Å². The second-order valence-electron chi connectivity index (χ2n) is 5.62. The van der Waals surface area contributed by atoms with Gasteiger partial charge in [0.2, 0.25) is 11.8 Å². The van der Waals surface area contributed by atoms with Gasteiger partial charge < -0.3 is 15.5 Å². The maximum absolute atomic E-state index is 12.6. The molecule has 0 radical (unpaired) electrons. The van der Waals surface area contributed by atoms with Crippen LogP contribution >= 0.6 is 0 Å². The number of likely N-dealkylation sites (N-methyl/N-ethyl adjacent to an activating group) is 1. The first-order chi connectivity index (χ1) is 8.95. The second-order valence-corrected chi connectivity index (χ2v) is 5.62. The SMILES string of the molecule is CN(C)C(=O)CN(CC(F)(F)F)C(=O)C(C)(N)C1CC1. The van der Waals surface area contributed by atoms with E-state index in [1.54, 1.807) is 0 Å². The Hall–Kier alpha value is -1.31. The Morgan fingerprint density at radius 3 is 2.10 bits per heavy atom. The highest BCUT2D eigenvalue weighted by molar-refractivity contribution is 5.90. The minimum absolute atomic E-state index is 0.111. The predicted octanol–water partition coefficient (Wildman–Crippen LogP) is 0.593. The minimum Gasteiger partial charge on any atom is -0.347 e. The van der Waals surface area contributed by atoms with Gasteiger partial charge in [-0.25, -0.2) is 0 Å². The van der Waals surface area contributed by atoms with Gasteiger partial charge in [0.15, 0.2) is 0 Å². The molecule has 0 heterocycles. The van der Waals surface area contributed by atoms with Crippen LogP contribution in [0.3, 0.4) is 0 Å². The number of hydrogen-bond acceptors (Lipinski definition) is 3. The Labute approximate surface area is 115 Å². The van der Waals surface area contributed by atoms with Gasteiger partial charge in [-0.15, -0.1) is 0 Å². The Balaban J connectivity index is 2.86. The number of amides is 2. The summed E-state index contributed by atoms with van der Waals surface area (Å²) in [6.45, 7) is -0.660. The van der Waals surface area contributed by atoms with E-state index in [1.165, 1.54) is 21.0 Å². The molecule has 1 atom stereocenters. The summed E-state index contributed by atoms with van der Waals surface area (Å²) in [7, 11) is 2.84. The van der Waals surface area contributed by atoms with E-state index in [-0.39, 0.29) is 5.92 Å². The van der Waals surface area contributed by atoms with E-state index in [2.05, 4.69) is 0 Å². The van der Waals surface area contributed by atoms with Crippen LogP contribution in [-0.2, 0) is 9.59 Å². The lowest BCUT2D eigenvalue weighted by Crippen LogP contribution is -2.58. The van der Waals surface area contributed by atoms with Crippen LogP contribution < -0.4 is 5.73 Å². The summed E-state index contributed by atoms with van der Waals surface area (Å²) < 4.78 is 37.7. The average molecular weight is 295 g/mol. The molecule has 116 valence electrons. The van der Waals surface area contributed by atoms with E-state index in [1.807, 2.05) is 0 Å². The van der Waals surface area contributed by atoms with E-state index in [0.29, 0.717) is 4.90 Å².